The molecule has 1 fully saturated rings. The van der Waals surface area contributed by atoms with Crippen molar-refractivity contribution in [1.29, 1.82) is 0 Å². The minimum atomic E-state index is -0.233. The van der Waals surface area contributed by atoms with Crippen LogP contribution in [0.5, 0.6) is 5.75 Å². The summed E-state index contributed by atoms with van der Waals surface area (Å²) in [5, 5.41) is 13.9. The molecule has 1 saturated carbocycles. The molecule has 4 heteroatoms. The predicted molar refractivity (Wildman–Crippen MR) is 61.3 cm³/mol. The summed E-state index contributed by atoms with van der Waals surface area (Å²) in [5.41, 5.74) is -0.103. The topological polar surface area (TPSA) is 47.3 Å². The molecule has 1 heterocycles. The summed E-state index contributed by atoms with van der Waals surface area (Å²) in [6.07, 6.45) is 5.18. The second-order valence-electron chi connectivity index (χ2n) is 4.75. The van der Waals surface area contributed by atoms with Crippen LogP contribution < -0.4 is 4.74 Å². The average Bonchev–Trinajstić information content (AvgIpc) is 2.75. The monoisotopic (exact) mass is 224 g/mol. The molecule has 3 unspecified atom stereocenters. The van der Waals surface area contributed by atoms with Gasteiger partial charge in [-0.3, -0.25) is 4.68 Å². The first-order valence-corrected chi connectivity index (χ1v) is 5.97. The molecule has 1 aromatic heterocycles. The predicted octanol–water partition coefficient (Wildman–Crippen LogP) is 1.83. The Bertz CT molecular complexity index is 364. The van der Waals surface area contributed by atoms with E-state index < -0.39 is 0 Å². The Kier molecular flexibility index (Phi) is 2.93. The van der Waals surface area contributed by atoms with Crippen molar-refractivity contribution >= 4 is 0 Å². The summed E-state index contributed by atoms with van der Waals surface area (Å²) in [6.45, 7) is 7.06. The molecule has 0 amide bonds. The van der Waals surface area contributed by atoms with Gasteiger partial charge in [0.25, 0.3) is 0 Å². The van der Waals surface area contributed by atoms with Crippen molar-refractivity contribution in [2.45, 2.75) is 52.4 Å². The molecule has 4 nitrogen and oxygen atoms in total. The van der Waals surface area contributed by atoms with E-state index in [-0.39, 0.29) is 17.6 Å². The lowest BCUT2D eigenvalue weighted by Gasteiger charge is -2.50. The van der Waals surface area contributed by atoms with E-state index in [2.05, 4.69) is 18.9 Å². The number of nitrogens with zero attached hydrogens (tertiary/aromatic N) is 2. The molecular weight excluding hydrogens is 204 g/mol. The van der Waals surface area contributed by atoms with E-state index in [1.165, 1.54) is 0 Å². The maximum absolute atomic E-state index is 9.77. The number of rotatable bonds is 4. The van der Waals surface area contributed by atoms with Crippen molar-refractivity contribution in [3.63, 3.8) is 0 Å². The van der Waals surface area contributed by atoms with E-state index in [1.807, 2.05) is 17.8 Å². The Morgan fingerprint density at radius 1 is 1.62 bits per heavy atom. The van der Waals surface area contributed by atoms with Gasteiger partial charge in [-0.1, -0.05) is 13.8 Å². The third-order valence-corrected chi connectivity index (χ3v) is 3.91. The highest BCUT2D eigenvalue weighted by molar-refractivity contribution is 5.15. The number of aliphatic hydroxyl groups excluding tert-OH is 1. The molecule has 1 aliphatic rings. The fourth-order valence-corrected chi connectivity index (χ4v) is 2.18. The molecule has 0 spiro atoms. The normalized spacial score (nSPS) is 33.5. The van der Waals surface area contributed by atoms with Crippen LogP contribution in [0.25, 0.3) is 0 Å². The van der Waals surface area contributed by atoms with Crippen LogP contribution in [0.1, 0.15) is 33.6 Å². The lowest BCUT2D eigenvalue weighted by molar-refractivity contribution is -0.147. The highest BCUT2D eigenvalue weighted by atomic mass is 16.5. The van der Waals surface area contributed by atoms with Gasteiger partial charge in [-0.05, 0) is 13.3 Å². The number of aromatic nitrogens is 2. The molecule has 0 bridgehead atoms. The highest BCUT2D eigenvalue weighted by Crippen LogP contribution is 2.45. The lowest BCUT2D eigenvalue weighted by Crippen LogP contribution is -2.57. The first-order valence-electron chi connectivity index (χ1n) is 5.97. The Hall–Kier alpha value is -1.03. The first-order chi connectivity index (χ1) is 7.60. The molecule has 0 radical (unpaired) electrons. The zero-order chi connectivity index (χ0) is 11.8. The quantitative estimate of drug-likeness (QED) is 0.848. The highest BCUT2D eigenvalue weighted by Gasteiger charge is 2.51. The summed E-state index contributed by atoms with van der Waals surface area (Å²) in [5.74, 6) is 0.804. The van der Waals surface area contributed by atoms with Gasteiger partial charge in [0.1, 0.15) is 6.10 Å². The first kappa shape index (κ1) is 11.5. The van der Waals surface area contributed by atoms with E-state index >= 15 is 0 Å². The molecule has 3 atom stereocenters. The SMILES string of the molecule is CCn1cc(OC2CC(O)C2(C)CC)cn1. The molecule has 0 aliphatic heterocycles. The Morgan fingerprint density at radius 3 is 2.88 bits per heavy atom. The number of hydrogen-bond acceptors (Lipinski definition) is 3. The zero-order valence-electron chi connectivity index (χ0n) is 10.2. The summed E-state index contributed by atoms with van der Waals surface area (Å²) in [4.78, 5) is 0. The maximum Gasteiger partial charge on any atom is 0.157 e. The molecule has 90 valence electrons. The van der Waals surface area contributed by atoms with Crippen molar-refractivity contribution < 1.29 is 9.84 Å². The van der Waals surface area contributed by atoms with Crippen molar-refractivity contribution in [2.24, 2.45) is 5.41 Å². The standard InChI is InChI=1S/C12H20N2O2/c1-4-12(3)10(15)6-11(12)16-9-7-13-14(5-2)8-9/h7-8,10-11,15H,4-6H2,1-3H3. The second-order valence-corrected chi connectivity index (χ2v) is 4.75. The average molecular weight is 224 g/mol. The Balaban J connectivity index is 2.00. The van der Waals surface area contributed by atoms with Gasteiger partial charge in [-0.2, -0.15) is 5.10 Å². The molecule has 1 N–H and O–H groups in total. The van der Waals surface area contributed by atoms with Gasteiger partial charge < -0.3 is 9.84 Å². The number of aliphatic hydroxyl groups is 1. The molecule has 2 rings (SSSR count). The third kappa shape index (κ3) is 1.71. The van der Waals surface area contributed by atoms with Crippen LogP contribution in [-0.4, -0.2) is 27.1 Å². The van der Waals surface area contributed by atoms with Crippen LogP contribution in [0.15, 0.2) is 12.4 Å². The van der Waals surface area contributed by atoms with Gasteiger partial charge in [0, 0.05) is 18.4 Å². The summed E-state index contributed by atoms with van der Waals surface area (Å²) < 4.78 is 7.71. The second kappa shape index (κ2) is 4.09. The summed E-state index contributed by atoms with van der Waals surface area (Å²) in [6, 6.07) is 0. The number of aryl methyl sites for hydroxylation is 1. The molecule has 0 aromatic carbocycles. The van der Waals surface area contributed by atoms with Crippen molar-refractivity contribution in [3.8, 4) is 5.75 Å². The van der Waals surface area contributed by atoms with Crippen molar-refractivity contribution in [1.82, 2.24) is 9.78 Å². The fraction of sp³-hybridized carbons (Fsp3) is 0.750. The van der Waals surface area contributed by atoms with E-state index in [4.69, 9.17) is 4.74 Å². The van der Waals surface area contributed by atoms with Crippen LogP contribution in [-0.2, 0) is 6.54 Å². The van der Waals surface area contributed by atoms with Gasteiger partial charge in [0.2, 0.25) is 0 Å². The maximum atomic E-state index is 9.77. The zero-order valence-corrected chi connectivity index (χ0v) is 10.2. The van der Waals surface area contributed by atoms with Crippen LogP contribution in [0.2, 0.25) is 0 Å². The van der Waals surface area contributed by atoms with Gasteiger partial charge in [-0.15, -0.1) is 0 Å². The lowest BCUT2D eigenvalue weighted by atomic mass is 9.63. The molecule has 0 saturated heterocycles. The van der Waals surface area contributed by atoms with Crippen molar-refractivity contribution in [3.05, 3.63) is 12.4 Å². The van der Waals surface area contributed by atoms with Crippen LogP contribution in [0.3, 0.4) is 0 Å². The largest absolute Gasteiger partial charge is 0.486 e. The minimum absolute atomic E-state index is 0.103. The van der Waals surface area contributed by atoms with Gasteiger partial charge in [0.05, 0.1) is 18.5 Å². The van der Waals surface area contributed by atoms with Gasteiger partial charge in [-0.25, -0.2) is 0 Å². The molecule has 1 aromatic rings. The smallest absolute Gasteiger partial charge is 0.157 e. The van der Waals surface area contributed by atoms with E-state index in [9.17, 15) is 5.11 Å². The van der Waals surface area contributed by atoms with Crippen LogP contribution >= 0.6 is 0 Å². The van der Waals surface area contributed by atoms with Crippen LogP contribution in [0.4, 0.5) is 0 Å². The summed E-state index contributed by atoms with van der Waals surface area (Å²) >= 11 is 0. The summed E-state index contributed by atoms with van der Waals surface area (Å²) in [7, 11) is 0. The molecule has 16 heavy (non-hydrogen) atoms. The third-order valence-electron chi connectivity index (χ3n) is 3.91. The van der Waals surface area contributed by atoms with Gasteiger partial charge in [0.15, 0.2) is 5.75 Å². The fourth-order valence-electron chi connectivity index (χ4n) is 2.18. The van der Waals surface area contributed by atoms with Crippen molar-refractivity contribution in [2.75, 3.05) is 0 Å². The van der Waals surface area contributed by atoms with Crippen LogP contribution in [0, 0.1) is 5.41 Å². The Labute approximate surface area is 96.2 Å². The van der Waals surface area contributed by atoms with E-state index in [0.717, 1.165) is 25.1 Å². The van der Waals surface area contributed by atoms with Gasteiger partial charge >= 0.3 is 0 Å². The Morgan fingerprint density at radius 2 is 2.38 bits per heavy atom. The molecule has 1 aliphatic carbocycles. The number of ether oxygens (including phenoxy) is 1. The van der Waals surface area contributed by atoms with E-state index in [0.29, 0.717) is 0 Å². The molecular formula is C12H20N2O2. The minimum Gasteiger partial charge on any atom is -0.486 e. The number of hydrogen-bond donors (Lipinski definition) is 1. The van der Waals surface area contributed by atoms with E-state index in [1.54, 1.807) is 6.20 Å².